The van der Waals surface area contributed by atoms with Crippen LogP contribution in [0.25, 0.3) is 0 Å². The number of fused-ring (bicyclic) bond motifs is 1. The summed E-state index contributed by atoms with van der Waals surface area (Å²) in [6.45, 7) is 5.53. The minimum atomic E-state index is -0.982. The summed E-state index contributed by atoms with van der Waals surface area (Å²) in [5, 5.41) is 18.8. The van der Waals surface area contributed by atoms with Gasteiger partial charge in [-0.2, -0.15) is 10.5 Å². The maximum absolute atomic E-state index is 9.95. The van der Waals surface area contributed by atoms with Crippen LogP contribution in [-0.4, -0.2) is 42.9 Å². The van der Waals surface area contributed by atoms with E-state index in [1.54, 1.807) is 0 Å². The second-order valence-corrected chi connectivity index (χ2v) is 10.5. The van der Waals surface area contributed by atoms with Crippen LogP contribution in [-0.2, 0) is 29.3 Å². The van der Waals surface area contributed by atoms with Gasteiger partial charge < -0.3 is 23.7 Å². The second kappa shape index (κ2) is 11.3. The largest absolute Gasteiger partial charge is 0.485 e. The molecule has 0 amide bonds. The molecule has 204 valence electrons. The molecule has 2 fully saturated rings. The van der Waals surface area contributed by atoms with E-state index in [0.29, 0.717) is 0 Å². The predicted octanol–water partition coefficient (Wildman–Crippen LogP) is 5.62. The van der Waals surface area contributed by atoms with Gasteiger partial charge in [0.15, 0.2) is 12.4 Å². The molecule has 0 N–H and O–H groups in total. The Morgan fingerprint density at radius 2 is 1.40 bits per heavy atom. The summed E-state index contributed by atoms with van der Waals surface area (Å²) in [6.07, 6.45) is -0.604. The molecule has 7 heteroatoms. The van der Waals surface area contributed by atoms with Crippen LogP contribution in [0.2, 0.25) is 0 Å². The van der Waals surface area contributed by atoms with Crippen LogP contribution >= 0.6 is 0 Å². The van der Waals surface area contributed by atoms with Gasteiger partial charge >= 0.3 is 0 Å². The summed E-state index contributed by atoms with van der Waals surface area (Å²) >= 11 is 0. The fourth-order valence-corrected chi connectivity index (χ4v) is 5.86. The first-order valence-corrected chi connectivity index (χ1v) is 13.3. The minimum absolute atomic E-state index is 0.145. The van der Waals surface area contributed by atoms with Crippen molar-refractivity contribution in [3.05, 3.63) is 120 Å². The van der Waals surface area contributed by atoms with E-state index in [-0.39, 0.29) is 18.8 Å². The summed E-state index contributed by atoms with van der Waals surface area (Å²) in [4.78, 5) is 0. The molecule has 0 radical (unpaired) electrons. The van der Waals surface area contributed by atoms with E-state index in [0.717, 1.165) is 16.7 Å². The summed E-state index contributed by atoms with van der Waals surface area (Å²) in [6, 6.07) is 34.4. The van der Waals surface area contributed by atoms with Gasteiger partial charge in [0.25, 0.3) is 0 Å². The van der Waals surface area contributed by atoms with Crippen molar-refractivity contribution in [1.82, 2.24) is 0 Å². The normalized spacial score (nSPS) is 25.5. The Labute approximate surface area is 235 Å². The number of rotatable bonds is 9. The summed E-state index contributed by atoms with van der Waals surface area (Å²) < 4.78 is 31.5. The molecule has 2 saturated heterocycles. The third kappa shape index (κ3) is 5.01. The monoisotopic (exact) mass is 536 g/mol. The molecule has 2 heterocycles. The van der Waals surface area contributed by atoms with E-state index in [4.69, 9.17) is 28.9 Å². The molecular weight excluding hydrogens is 504 g/mol. The molecule has 2 aliphatic rings. The first-order chi connectivity index (χ1) is 19.3. The molecule has 3 aromatic rings. The molecule has 7 nitrogen and oxygen atoms in total. The Morgan fingerprint density at radius 3 is 1.88 bits per heavy atom. The molecule has 1 unspecified atom stereocenters. The Balaban J connectivity index is 1.55. The van der Waals surface area contributed by atoms with Crippen LogP contribution in [0.3, 0.4) is 0 Å². The van der Waals surface area contributed by atoms with Crippen LogP contribution in [0.5, 0.6) is 0 Å². The van der Waals surface area contributed by atoms with Crippen molar-refractivity contribution >= 4 is 0 Å². The highest BCUT2D eigenvalue weighted by molar-refractivity contribution is 5.47. The minimum Gasteiger partial charge on any atom is -0.485 e. The number of hydrogen-bond acceptors (Lipinski definition) is 7. The molecular formula is C33H32N2O5. The summed E-state index contributed by atoms with van der Waals surface area (Å²) in [5.41, 5.74) is 1.19. The number of hydrogen-bond donors (Lipinski definition) is 0. The van der Waals surface area contributed by atoms with Crippen molar-refractivity contribution in [2.24, 2.45) is 0 Å². The van der Waals surface area contributed by atoms with E-state index < -0.39 is 35.3 Å². The highest BCUT2D eigenvalue weighted by Crippen LogP contribution is 2.49. The fraction of sp³-hybridized carbons (Fsp3) is 0.333. The van der Waals surface area contributed by atoms with Crippen molar-refractivity contribution in [1.29, 1.82) is 10.5 Å². The highest BCUT2D eigenvalue weighted by atomic mass is 16.8. The fourth-order valence-electron chi connectivity index (χ4n) is 5.86. The van der Waals surface area contributed by atoms with Crippen LogP contribution in [0.1, 0.15) is 37.5 Å². The summed E-state index contributed by atoms with van der Waals surface area (Å²) in [7, 11) is 0. The molecule has 0 bridgehead atoms. The van der Waals surface area contributed by atoms with Gasteiger partial charge in [0.2, 0.25) is 0 Å². The lowest BCUT2D eigenvalue weighted by atomic mass is 9.80. The zero-order valence-corrected chi connectivity index (χ0v) is 22.8. The van der Waals surface area contributed by atoms with E-state index in [2.05, 4.69) is 42.5 Å². The highest BCUT2D eigenvalue weighted by Gasteiger charge is 2.64. The van der Waals surface area contributed by atoms with Gasteiger partial charge in [-0.25, -0.2) is 0 Å². The molecule has 4 atom stereocenters. The van der Waals surface area contributed by atoms with Gasteiger partial charge in [0.1, 0.15) is 47.9 Å². The van der Waals surface area contributed by atoms with Crippen molar-refractivity contribution < 1.29 is 23.7 Å². The van der Waals surface area contributed by atoms with Crippen molar-refractivity contribution in [2.75, 3.05) is 13.2 Å². The lowest BCUT2D eigenvalue weighted by molar-refractivity contribution is -0.203. The standard InChI is InChI=1S/C33H32N2O5/c1-31(2)39-30-28(38-29(32(30,3)40-31)24(21-35)22-36-20-19-34)23-37-33(25-13-7-4-8-14-25,26-15-9-5-10-16-26)27-17-11-6-12-18-27/h4-18,22,28-30H,20,23H2,1-3H3/t28-,29?,30-,32+/m1/s1. The van der Waals surface area contributed by atoms with Crippen molar-refractivity contribution in [2.45, 2.75) is 56.1 Å². The van der Waals surface area contributed by atoms with E-state index in [1.165, 1.54) is 6.26 Å². The second-order valence-electron chi connectivity index (χ2n) is 10.5. The molecule has 0 aliphatic carbocycles. The maximum atomic E-state index is 9.95. The lowest BCUT2D eigenvalue weighted by Crippen LogP contribution is -2.45. The van der Waals surface area contributed by atoms with Gasteiger partial charge in [0.05, 0.1) is 12.2 Å². The van der Waals surface area contributed by atoms with Crippen molar-refractivity contribution in [3.8, 4) is 12.1 Å². The Kier molecular flexibility index (Phi) is 7.76. The maximum Gasteiger partial charge on any atom is 0.173 e. The molecule has 0 saturated carbocycles. The molecule has 2 aliphatic heterocycles. The van der Waals surface area contributed by atoms with Gasteiger partial charge in [-0.15, -0.1) is 0 Å². The third-order valence-electron chi connectivity index (χ3n) is 7.39. The molecule has 5 rings (SSSR count). The first-order valence-electron chi connectivity index (χ1n) is 13.3. The Morgan fingerprint density at radius 1 is 0.875 bits per heavy atom. The van der Waals surface area contributed by atoms with Crippen LogP contribution in [0.15, 0.2) is 103 Å². The van der Waals surface area contributed by atoms with Gasteiger partial charge in [0, 0.05) is 0 Å². The average Bonchev–Trinajstić information content (AvgIpc) is 3.38. The van der Waals surface area contributed by atoms with Gasteiger partial charge in [-0.1, -0.05) is 91.0 Å². The first kappa shape index (κ1) is 27.6. The number of ether oxygens (including phenoxy) is 5. The zero-order valence-electron chi connectivity index (χ0n) is 22.8. The van der Waals surface area contributed by atoms with Crippen LogP contribution in [0, 0.1) is 22.7 Å². The smallest absolute Gasteiger partial charge is 0.173 e. The lowest BCUT2D eigenvalue weighted by Gasteiger charge is -2.37. The molecule has 40 heavy (non-hydrogen) atoms. The quantitative estimate of drug-likeness (QED) is 0.152. The van der Waals surface area contributed by atoms with Crippen LogP contribution in [0.4, 0.5) is 0 Å². The Bertz CT molecular complexity index is 1320. The number of benzene rings is 3. The SMILES string of the molecule is CC1(C)O[C@@H]2[C@@H](COC(c3ccccc3)(c3ccccc3)c3ccccc3)OC(C(C#N)=COCC#N)[C@]2(C)O1. The van der Waals surface area contributed by atoms with E-state index in [9.17, 15) is 5.26 Å². The van der Waals surface area contributed by atoms with Gasteiger partial charge in [-0.05, 0) is 37.5 Å². The van der Waals surface area contributed by atoms with E-state index >= 15 is 0 Å². The van der Waals surface area contributed by atoms with Gasteiger partial charge in [-0.3, -0.25) is 0 Å². The van der Waals surface area contributed by atoms with Crippen LogP contribution < -0.4 is 0 Å². The molecule has 0 spiro atoms. The van der Waals surface area contributed by atoms with E-state index in [1.807, 2.05) is 81.4 Å². The summed E-state index contributed by atoms with van der Waals surface area (Å²) in [5.74, 6) is -0.900. The average molecular weight is 537 g/mol. The van der Waals surface area contributed by atoms with Crippen molar-refractivity contribution in [3.63, 3.8) is 0 Å². The molecule has 3 aromatic carbocycles. The molecule has 0 aromatic heterocycles. The number of nitriles is 2. The number of nitrogens with zero attached hydrogens (tertiary/aromatic N) is 2. The third-order valence-corrected chi connectivity index (χ3v) is 7.39. The zero-order chi connectivity index (χ0) is 28.2. The predicted molar refractivity (Wildman–Crippen MR) is 148 cm³/mol. The Hall–Kier alpha value is -3.98. The topological polar surface area (TPSA) is 93.7 Å².